The van der Waals surface area contributed by atoms with E-state index in [0.29, 0.717) is 40.7 Å². The Balaban J connectivity index is 1.74. The lowest BCUT2D eigenvalue weighted by atomic mass is 9.96. The first-order valence-corrected chi connectivity index (χ1v) is 14.5. The molecule has 1 aromatic carbocycles. The maximum absolute atomic E-state index is 13.8. The fourth-order valence-corrected chi connectivity index (χ4v) is 5.96. The van der Waals surface area contributed by atoms with Crippen molar-refractivity contribution in [2.45, 2.75) is 26.8 Å². The van der Waals surface area contributed by atoms with Crippen molar-refractivity contribution in [1.29, 1.82) is 0 Å². The van der Waals surface area contributed by atoms with Gasteiger partial charge >= 0.3 is 11.9 Å². The van der Waals surface area contributed by atoms with Crippen LogP contribution in [0.5, 0.6) is 11.5 Å². The zero-order valence-electron chi connectivity index (χ0n) is 24.4. The predicted octanol–water partition coefficient (Wildman–Crippen LogP) is 5.34. The quantitative estimate of drug-likeness (QED) is 0.0782. The van der Waals surface area contributed by atoms with Crippen LogP contribution in [0.1, 0.15) is 45.3 Å². The number of imidazole rings is 1. The molecule has 1 aliphatic heterocycles. The number of ketones is 1. The third-order valence-corrected chi connectivity index (χ3v) is 7.96. The summed E-state index contributed by atoms with van der Waals surface area (Å²) in [5.74, 6) is -2.09. The first-order chi connectivity index (χ1) is 21.2. The van der Waals surface area contributed by atoms with Gasteiger partial charge in [0.05, 0.1) is 29.6 Å². The average molecular weight is 615 g/mol. The van der Waals surface area contributed by atoms with Crippen LogP contribution in [-0.4, -0.2) is 57.0 Å². The molecule has 12 heteroatoms. The Labute approximate surface area is 257 Å². The zero-order chi connectivity index (χ0) is 31.5. The molecule has 1 atom stereocenters. The van der Waals surface area contributed by atoms with Crippen LogP contribution in [0.25, 0.3) is 11.4 Å². The molecule has 4 heterocycles. The average Bonchev–Trinajstić information content (AvgIpc) is 3.64. The van der Waals surface area contributed by atoms with E-state index >= 15 is 0 Å². The highest BCUT2D eigenvalue weighted by Crippen LogP contribution is 2.46. The summed E-state index contributed by atoms with van der Waals surface area (Å²) in [6, 6.07) is 9.19. The minimum absolute atomic E-state index is 0.00481. The van der Waals surface area contributed by atoms with Crippen molar-refractivity contribution in [3.05, 3.63) is 101 Å². The summed E-state index contributed by atoms with van der Waals surface area (Å²) in [6.07, 6.45) is 4.74. The normalized spacial score (nSPS) is 15.9. The van der Waals surface area contributed by atoms with Gasteiger partial charge in [0.2, 0.25) is 0 Å². The number of anilines is 1. The summed E-state index contributed by atoms with van der Waals surface area (Å²) in [7, 11) is 0. The third-order valence-electron chi connectivity index (χ3n) is 6.82. The van der Waals surface area contributed by atoms with E-state index in [9.17, 15) is 19.5 Å². The van der Waals surface area contributed by atoms with Crippen molar-refractivity contribution in [1.82, 2.24) is 14.4 Å². The molecule has 0 radical (unpaired) electrons. The fourth-order valence-electron chi connectivity index (χ4n) is 4.98. The second-order valence-corrected chi connectivity index (χ2v) is 10.7. The Hall–Kier alpha value is -5.23. The standard InChI is InChI=1S/C32H30N4O7S/c1-6-15-42-21-13-12-20(17-22(21)41-8-3)26-24(27(37)25-18(4)33-23-11-9-10-14-35(23)25)28(38)30(39)36(26)32-34-19(5)29(44-32)31(40)43-16-7-2/h6-7,9-14,17,26,37H,1-2,8,15-16H2,3-5H3. The number of aliphatic hydroxyl groups is 1. The molecule has 1 unspecified atom stereocenters. The molecular formula is C32H30N4O7S. The van der Waals surface area contributed by atoms with E-state index in [4.69, 9.17) is 14.2 Å². The summed E-state index contributed by atoms with van der Waals surface area (Å²) in [5.41, 5.74) is 1.87. The second kappa shape index (κ2) is 12.6. The molecule has 4 aromatic rings. The van der Waals surface area contributed by atoms with Crippen molar-refractivity contribution in [3.63, 3.8) is 0 Å². The molecule has 1 amide bonds. The van der Waals surface area contributed by atoms with Crippen LogP contribution in [0.4, 0.5) is 5.13 Å². The number of aryl methyl sites for hydroxylation is 2. The van der Waals surface area contributed by atoms with E-state index in [1.807, 2.05) is 6.92 Å². The number of Topliss-reactive ketones (excluding diaryl/α,β-unsaturated/α-hetero) is 1. The van der Waals surface area contributed by atoms with Crippen LogP contribution < -0.4 is 14.4 Å². The Morgan fingerprint density at radius 3 is 2.55 bits per heavy atom. The predicted molar refractivity (Wildman–Crippen MR) is 165 cm³/mol. The number of hydrogen-bond acceptors (Lipinski definition) is 10. The van der Waals surface area contributed by atoms with Crippen molar-refractivity contribution < 1.29 is 33.7 Å². The number of fused-ring (bicyclic) bond motifs is 1. The summed E-state index contributed by atoms with van der Waals surface area (Å²) in [4.78, 5) is 50.6. The van der Waals surface area contributed by atoms with Gasteiger partial charge in [-0.1, -0.05) is 48.8 Å². The van der Waals surface area contributed by atoms with Crippen LogP contribution in [0.15, 0.2) is 73.5 Å². The molecule has 1 fully saturated rings. The smallest absolute Gasteiger partial charge is 0.350 e. The molecular weight excluding hydrogens is 584 g/mol. The largest absolute Gasteiger partial charge is 0.505 e. The molecule has 11 nitrogen and oxygen atoms in total. The highest BCUT2D eigenvalue weighted by Gasteiger charge is 2.49. The summed E-state index contributed by atoms with van der Waals surface area (Å²) in [6.45, 7) is 12.9. The lowest BCUT2D eigenvalue weighted by Gasteiger charge is -2.24. The van der Waals surface area contributed by atoms with Crippen molar-refractivity contribution in [2.75, 3.05) is 24.7 Å². The Morgan fingerprint density at radius 2 is 1.82 bits per heavy atom. The summed E-state index contributed by atoms with van der Waals surface area (Å²) < 4.78 is 18.4. The van der Waals surface area contributed by atoms with Crippen LogP contribution in [-0.2, 0) is 14.3 Å². The molecule has 1 N–H and O–H groups in total. The van der Waals surface area contributed by atoms with Crippen LogP contribution >= 0.6 is 11.3 Å². The maximum Gasteiger partial charge on any atom is 0.350 e. The molecule has 0 aliphatic carbocycles. The van der Waals surface area contributed by atoms with Crippen LogP contribution in [0.3, 0.4) is 0 Å². The second-order valence-electron chi connectivity index (χ2n) is 9.68. The monoisotopic (exact) mass is 614 g/mol. The van der Waals surface area contributed by atoms with Gasteiger partial charge in [-0.15, -0.1) is 0 Å². The number of ether oxygens (including phenoxy) is 3. The molecule has 0 bridgehead atoms. The fraction of sp³-hybridized carbons (Fsp3) is 0.219. The Kier molecular flexibility index (Phi) is 8.63. The van der Waals surface area contributed by atoms with E-state index < -0.39 is 29.5 Å². The molecule has 1 saturated heterocycles. The summed E-state index contributed by atoms with van der Waals surface area (Å²) >= 11 is 0.909. The van der Waals surface area contributed by atoms with Crippen molar-refractivity contribution >= 4 is 45.5 Å². The van der Waals surface area contributed by atoms with Gasteiger partial charge in [0, 0.05) is 6.20 Å². The maximum atomic E-state index is 13.8. The lowest BCUT2D eigenvalue weighted by molar-refractivity contribution is -0.132. The highest BCUT2D eigenvalue weighted by atomic mass is 32.1. The molecule has 226 valence electrons. The van der Waals surface area contributed by atoms with Gasteiger partial charge in [-0.05, 0) is 50.6 Å². The van der Waals surface area contributed by atoms with Crippen LogP contribution in [0.2, 0.25) is 0 Å². The SMILES string of the molecule is C=CCOC(=O)c1sc(N2C(=O)C(=O)C(=C(O)c3c(C)nc4ccccn34)C2c2ccc(OCC=C)c(OCC)c2)nc1C. The number of benzene rings is 1. The van der Waals surface area contributed by atoms with E-state index in [-0.39, 0.29) is 34.5 Å². The van der Waals surface area contributed by atoms with Gasteiger partial charge in [0.25, 0.3) is 5.78 Å². The molecule has 0 spiro atoms. The van der Waals surface area contributed by atoms with Gasteiger partial charge in [0.15, 0.2) is 22.4 Å². The van der Waals surface area contributed by atoms with E-state index in [1.54, 1.807) is 66.9 Å². The first-order valence-electron chi connectivity index (χ1n) is 13.7. The van der Waals surface area contributed by atoms with Gasteiger partial charge in [-0.25, -0.2) is 14.8 Å². The zero-order valence-corrected chi connectivity index (χ0v) is 25.2. The topological polar surface area (TPSA) is 133 Å². The van der Waals surface area contributed by atoms with E-state index in [1.165, 1.54) is 11.0 Å². The number of pyridine rings is 1. The van der Waals surface area contributed by atoms with Gasteiger partial charge < -0.3 is 19.3 Å². The number of carbonyl (C=O) groups excluding carboxylic acids is 3. The number of nitrogens with zero attached hydrogens (tertiary/aromatic N) is 4. The van der Waals surface area contributed by atoms with E-state index in [2.05, 4.69) is 23.1 Å². The molecule has 44 heavy (non-hydrogen) atoms. The third kappa shape index (κ3) is 5.35. The van der Waals surface area contributed by atoms with E-state index in [0.717, 1.165) is 11.3 Å². The molecule has 0 saturated carbocycles. The van der Waals surface area contributed by atoms with Gasteiger partial charge in [0.1, 0.15) is 29.4 Å². The summed E-state index contributed by atoms with van der Waals surface area (Å²) in [5, 5.41) is 11.9. The lowest BCUT2D eigenvalue weighted by Crippen LogP contribution is -2.29. The number of esters is 1. The number of aliphatic hydroxyl groups excluding tert-OH is 1. The van der Waals surface area contributed by atoms with Gasteiger partial charge in [-0.3, -0.25) is 18.9 Å². The minimum atomic E-state index is -1.14. The first kappa shape index (κ1) is 30.2. The molecule has 5 rings (SSSR count). The Bertz CT molecular complexity index is 1840. The van der Waals surface area contributed by atoms with Crippen molar-refractivity contribution in [3.8, 4) is 11.5 Å². The highest BCUT2D eigenvalue weighted by molar-refractivity contribution is 7.17. The van der Waals surface area contributed by atoms with Crippen LogP contribution in [0, 0.1) is 13.8 Å². The van der Waals surface area contributed by atoms with Gasteiger partial charge in [-0.2, -0.15) is 0 Å². The number of hydrogen-bond donors (Lipinski definition) is 1. The molecule has 1 aliphatic rings. The number of aromatic nitrogens is 3. The number of rotatable bonds is 11. The Morgan fingerprint density at radius 1 is 1.05 bits per heavy atom. The minimum Gasteiger partial charge on any atom is -0.505 e. The van der Waals surface area contributed by atoms with Crippen molar-refractivity contribution in [2.24, 2.45) is 0 Å². The number of thiazole rings is 1. The number of carbonyl (C=O) groups is 3. The number of amides is 1. The molecule has 3 aromatic heterocycles.